The lowest BCUT2D eigenvalue weighted by Crippen LogP contribution is -2.44. The lowest BCUT2D eigenvalue weighted by atomic mass is 9.93. The van der Waals surface area contributed by atoms with Crippen molar-refractivity contribution in [3.8, 4) is 11.8 Å². The molecule has 0 spiro atoms. The van der Waals surface area contributed by atoms with Gasteiger partial charge in [0.1, 0.15) is 19.3 Å². The number of hydrogen-bond donors (Lipinski definition) is 2. The molecule has 3 rings (SSSR count). The molecule has 1 aromatic carbocycles. The second kappa shape index (κ2) is 11.0. The van der Waals surface area contributed by atoms with Gasteiger partial charge in [0.05, 0.1) is 7.11 Å². The number of nitrogens with zero attached hydrogens (tertiary/aromatic N) is 2. The monoisotopic (exact) mass is 414 g/mol. The highest BCUT2D eigenvalue weighted by Gasteiger charge is 2.25. The molecule has 1 aliphatic carbocycles. The van der Waals surface area contributed by atoms with Crippen LogP contribution >= 0.6 is 0 Å². The van der Waals surface area contributed by atoms with Crippen LogP contribution in [0.4, 0.5) is 4.79 Å². The molecule has 0 unspecified atom stereocenters. The Morgan fingerprint density at radius 1 is 1.03 bits per heavy atom. The van der Waals surface area contributed by atoms with Gasteiger partial charge < -0.3 is 24.8 Å². The summed E-state index contributed by atoms with van der Waals surface area (Å²) in [4.78, 5) is 32.1. The lowest BCUT2D eigenvalue weighted by Gasteiger charge is -2.29. The van der Waals surface area contributed by atoms with Crippen molar-refractivity contribution in [1.82, 2.24) is 20.6 Å². The van der Waals surface area contributed by atoms with Gasteiger partial charge in [-0.25, -0.2) is 14.8 Å². The number of hydrogen-bond acceptors (Lipinski definition) is 7. The smallest absolute Gasteiger partial charge is 0.407 e. The van der Waals surface area contributed by atoms with Crippen LogP contribution in [0.1, 0.15) is 31.2 Å². The van der Waals surface area contributed by atoms with Gasteiger partial charge in [-0.3, -0.25) is 4.79 Å². The molecule has 0 bridgehead atoms. The second-order valence-electron chi connectivity index (χ2n) is 6.95. The van der Waals surface area contributed by atoms with E-state index in [1.807, 2.05) is 30.3 Å². The van der Waals surface area contributed by atoms with Gasteiger partial charge >= 0.3 is 6.09 Å². The first-order valence-corrected chi connectivity index (χ1v) is 9.89. The molecule has 2 aromatic rings. The summed E-state index contributed by atoms with van der Waals surface area (Å²) < 4.78 is 16.1. The van der Waals surface area contributed by atoms with Crippen molar-refractivity contribution in [2.24, 2.45) is 0 Å². The predicted octanol–water partition coefficient (Wildman–Crippen LogP) is 2.22. The summed E-state index contributed by atoms with van der Waals surface area (Å²) in [5, 5.41) is 5.41. The van der Waals surface area contributed by atoms with E-state index in [2.05, 4.69) is 20.6 Å². The van der Waals surface area contributed by atoms with Gasteiger partial charge in [0.2, 0.25) is 5.91 Å². The molecule has 9 nitrogen and oxygen atoms in total. The molecule has 1 aromatic heterocycles. The van der Waals surface area contributed by atoms with Crippen LogP contribution in [0.25, 0.3) is 0 Å². The van der Waals surface area contributed by atoms with Crippen molar-refractivity contribution in [2.45, 2.75) is 44.4 Å². The molecule has 30 heavy (non-hydrogen) atoms. The van der Waals surface area contributed by atoms with Crippen LogP contribution in [0, 0.1) is 0 Å². The van der Waals surface area contributed by atoms with Gasteiger partial charge in [-0.1, -0.05) is 30.3 Å². The van der Waals surface area contributed by atoms with E-state index in [0.717, 1.165) is 31.2 Å². The molecule has 2 amide bonds. The van der Waals surface area contributed by atoms with Gasteiger partial charge in [0.15, 0.2) is 0 Å². The Morgan fingerprint density at radius 3 is 2.43 bits per heavy atom. The first-order valence-electron chi connectivity index (χ1n) is 9.89. The maximum Gasteiger partial charge on any atom is 0.407 e. The number of alkyl carbamates (subject to hydrolysis) is 1. The summed E-state index contributed by atoms with van der Waals surface area (Å²) in [6.07, 6.45) is 5.58. The molecule has 1 aliphatic rings. The normalized spacial score (nSPS) is 18.2. The van der Waals surface area contributed by atoms with Gasteiger partial charge in [0, 0.05) is 18.4 Å². The molecular weight excluding hydrogens is 388 g/mol. The van der Waals surface area contributed by atoms with Crippen LogP contribution < -0.4 is 20.1 Å². The number of benzene rings is 1. The summed E-state index contributed by atoms with van der Waals surface area (Å²) >= 11 is 0. The molecule has 0 aliphatic heterocycles. The Kier molecular flexibility index (Phi) is 7.82. The average molecular weight is 414 g/mol. The van der Waals surface area contributed by atoms with E-state index in [1.54, 1.807) is 12.4 Å². The van der Waals surface area contributed by atoms with Gasteiger partial charge in [0.25, 0.3) is 11.8 Å². The third-order valence-electron chi connectivity index (χ3n) is 4.75. The number of rotatable bonds is 8. The highest BCUT2D eigenvalue weighted by molar-refractivity contribution is 5.82. The largest absolute Gasteiger partial charge is 0.477 e. The minimum Gasteiger partial charge on any atom is -0.477 e. The second-order valence-corrected chi connectivity index (χ2v) is 6.95. The zero-order valence-electron chi connectivity index (χ0n) is 16.9. The van der Waals surface area contributed by atoms with E-state index in [9.17, 15) is 9.59 Å². The van der Waals surface area contributed by atoms with Crippen molar-refractivity contribution in [1.29, 1.82) is 0 Å². The summed E-state index contributed by atoms with van der Waals surface area (Å²) in [7, 11) is 1.52. The molecule has 0 saturated heterocycles. The molecule has 0 atom stereocenters. The maximum atomic E-state index is 12.1. The van der Waals surface area contributed by atoms with E-state index in [1.165, 1.54) is 7.11 Å². The average Bonchev–Trinajstić information content (AvgIpc) is 2.78. The number of carbonyl (C=O) groups is 2. The Balaban J connectivity index is 1.32. The number of nitrogens with one attached hydrogen (secondary N) is 2. The maximum absolute atomic E-state index is 12.1. The van der Waals surface area contributed by atoms with Crippen LogP contribution in [0.15, 0.2) is 42.7 Å². The summed E-state index contributed by atoms with van der Waals surface area (Å²) in [5.74, 6) is 0.496. The highest BCUT2D eigenvalue weighted by Crippen LogP contribution is 2.27. The van der Waals surface area contributed by atoms with Crippen LogP contribution in [0.3, 0.4) is 0 Å². The number of aromatic nitrogens is 2. The Hall–Kier alpha value is -3.36. The summed E-state index contributed by atoms with van der Waals surface area (Å²) in [5.41, 5.74) is 0.884. The quantitative estimate of drug-likeness (QED) is 0.681. The van der Waals surface area contributed by atoms with Crippen molar-refractivity contribution >= 4 is 12.0 Å². The highest BCUT2D eigenvalue weighted by atomic mass is 16.5. The molecule has 2 N–H and O–H groups in total. The molecule has 1 heterocycles. The van der Waals surface area contributed by atoms with E-state index >= 15 is 0 Å². The zero-order valence-corrected chi connectivity index (χ0v) is 16.9. The lowest BCUT2D eigenvalue weighted by molar-refractivity contribution is -0.121. The first kappa shape index (κ1) is 21.4. The molecule has 9 heteroatoms. The SMILES string of the molecule is COc1nccnc1OC1CCC(NC(=O)CNC(=O)OCc2ccccc2)CC1. The van der Waals surface area contributed by atoms with Crippen molar-refractivity contribution in [3.63, 3.8) is 0 Å². The molecule has 1 fully saturated rings. The first-order chi connectivity index (χ1) is 14.6. The molecule has 1 saturated carbocycles. The third-order valence-corrected chi connectivity index (χ3v) is 4.75. The van der Waals surface area contributed by atoms with Crippen LogP contribution in [0.2, 0.25) is 0 Å². The van der Waals surface area contributed by atoms with E-state index in [0.29, 0.717) is 11.8 Å². The van der Waals surface area contributed by atoms with Gasteiger partial charge in [-0.15, -0.1) is 0 Å². The van der Waals surface area contributed by atoms with Gasteiger partial charge in [-0.05, 0) is 31.2 Å². The molecule has 0 radical (unpaired) electrons. The topological polar surface area (TPSA) is 112 Å². The predicted molar refractivity (Wildman–Crippen MR) is 108 cm³/mol. The number of amides is 2. The van der Waals surface area contributed by atoms with Crippen molar-refractivity contribution in [3.05, 3.63) is 48.3 Å². The minimum atomic E-state index is -0.621. The van der Waals surface area contributed by atoms with E-state index in [4.69, 9.17) is 14.2 Å². The van der Waals surface area contributed by atoms with Crippen molar-refractivity contribution < 1.29 is 23.8 Å². The fourth-order valence-corrected chi connectivity index (χ4v) is 3.22. The molecule has 160 valence electrons. The Bertz CT molecular complexity index is 825. The standard InChI is InChI=1S/C21H26N4O5/c1-28-19-20(23-12-11-22-19)30-17-9-7-16(8-10-17)25-18(26)13-24-21(27)29-14-15-5-3-2-4-6-15/h2-6,11-12,16-17H,7-10,13-14H2,1H3,(H,24,27)(H,25,26). The third kappa shape index (κ3) is 6.61. The molecular formula is C21H26N4O5. The number of methoxy groups -OCH3 is 1. The van der Waals surface area contributed by atoms with E-state index in [-0.39, 0.29) is 31.2 Å². The van der Waals surface area contributed by atoms with Crippen LogP contribution in [-0.2, 0) is 16.1 Å². The summed E-state index contributed by atoms with van der Waals surface area (Å²) in [6.45, 7) is 0.0374. The van der Waals surface area contributed by atoms with Gasteiger partial charge in [-0.2, -0.15) is 0 Å². The fraction of sp³-hybridized carbons (Fsp3) is 0.429. The zero-order chi connectivity index (χ0) is 21.2. The van der Waals surface area contributed by atoms with Crippen molar-refractivity contribution in [2.75, 3.05) is 13.7 Å². The fourth-order valence-electron chi connectivity index (χ4n) is 3.22. The number of carbonyl (C=O) groups excluding carboxylic acids is 2. The Morgan fingerprint density at radius 2 is 1.73 bits per heavy atom. The number of ether oxygens (including phenoxy) is 3. The van der Waals surface area contributed by atoms with E-state index < -0.39 is 6.09 Å². The summed E-state index contributed by atoms with van der Waals surface area (Å²) in [6, 6.07) is 9.39. The minimum absolute atomic E-state index is 0.00478. The van der Waals surface area contributed by atoms with Crippen LogP contribution in [-0.4, -0.2) is 47.8 Å². The van der Waals surface area contributed by atoms with Crippen LogP contribution in [0.5, 0.6) is 11.8 Å². The Labute approximate surface area is 175 Å².